The molecule has 0 bridgehead atoms. The number of aromatic amines is 1. The van der Waals surface area contributed by atoms with Crippen molar-refractivity contribution in [3.63, 3.8) is 0 Å². The molecule has 2 aliphatic heterocycles. The number of amides is 2. The molecule has 0 radical (unpaired) electrons. The summed E-state index contributed by atoms with van der Waals surface area (Å²) in [5.41, 5.74) is 1.61. The van der Waals surface area contributed by atoms with Crippen LogP contribution in [0.3, 0.4) is 0 Å². The molecule has 9 nitrogen and oxygen atoms in total. The highest BCUT2D eigenvalue weighted by Crippen LogP contribution is 2.42. The molecule has 1 N–H and O–H groups in total. The molecule has 0 saturated carbocycles. The second-order valence-corrected chi connectivity index (χ2v) is 7.77. The molecule has 0 aromatic carbocycles. The van der Waals surface area contributed by atoms with Gasteiger partial charge in [-0.15, -0.1) is 0 Å². The van der Waals surface area contributed by atoms with Gasteiger partial charge in [0.2, 0.25) is 11.8 Å². The van der Waals surface area contributed by atoms with Crippen LogP contribution in [0.15, 0.2) is 25.0 Å². The van der Waals surface area contributed by atoms with Crippen molar-refractivity contribution in [2.75, 3.05) is 33.4 Å². The minimum absolute atomic E-state index is 0.0127. The van der Waals surface area contributed by atoms with Gasteiger partial charge in [-0.25, -0.2) is 9.97 Å². The second kappa shape index (κ2) is 8.36. The number of carbonyl (C=O) groups is 2. The lowest BCUT2D eigenvalue weighted by Crippen LogP contribution is -2.59. The van der Waals surface area contributed by atoms with Crippen molar-refractivity contribution < 1.29 is 14.3 Å². The monoisotopic (exact) mass is 400 g/mol. The minimum Gasteiger partial charge on any atom is -0.375 e. The van der Waals surface area contributed by atoms with Gasteiger partial charge in [0.05, 0.1) is 23.9 Å². The Kier molecular flexibility index (Phi) is 5.66. The first kappa shape index (κ1) is 19.6. The molecule has 4 rings (SSSR count). The largest absolute Gasteiger partial charge is 0.375 e. The zero-order chi connectivity index (χ0) is 20.3. The molecule has 0 unspecified atom stereocenters. The Balaban J connectivity index is 1.41. The van der Waals surface area contributed by atoms with E-state index in [1.807, 2.05) is 20.6 Å². The Morgan fingerprint density at radius 3 is 2.79 bits per heavy atom. The number of imidazole rings is 2. The fourth-order valence-electron chi connectivity index (χ4n) is 4.67. The van der Waals surface area contributed by atoms with Gasteiger partial charge in [0.25, 0.3) is 0 Å². The van der Waals surface area contributed by atoms with Crippen LogP contribution in [0, 0.1) is 0 Å². The number of nitrogens with zero attached hydrogens (tertiary/aromatic N) is 5. The number of aromatic nitrogens is 4. The van der Waals surface area contributed by atoms with Crippen LogP contribution >= 0.6 is 0 Å². The fourth-order valence-corrected chi connectivity index (χ4v) is 4.67. The smallest absolute Gasteiger partial charge is 0.249 e. The van der Waals surface area contributed by atoms with Crippen LogP contribution in [0.4, 0.5) is 0 Å². The van der Waals surface area contributed by atoms with Crippen molar-refractivity contribution in [1.29, 1.82) is 0 Å². The third kappa shape index (κ3) is 3.78. The number of methoxy groups -OCH3 is 1. The molecule has 4 heterocycles. The third-order valence-corrected chi connectivity index (χ3v) is 6.14. The van der Waals surface area contributed by atoms with E-state index in [1.165, 1.54) is 0 Å². The lowest BCUT2D eigenvalue weighted by molar-refractivity contribution is -0.147. The first-order valence-corrected chi connectivity index (χ1v) is 10.2. The normalized spacial score (nSPS) is 18.1. The van der Waals surface area contributed by atoms with Crippen molar-refractivity contribution in [1.82, 2.24) is 29.3 Å². The summed E-state index contributed by atoms with van der Waals surface area (Å²) in [7, 11) is 1.54. The highest BCUT2D eigenvalue weighted by molar-refractivity contribution is 5.79. The van der Waals surface area contributed by atoms with Gasteiger partial charge in [0.15, 0.2) is 0 Å². The molecular weight excluding hydrogens is 372 g/mol. The molecule has 2 aliphatic rings. The molecule has 1 fully saturated rings. The number of ether oxygens (including phenoxy) is 1. The van der Waals surface area contributed by atoms with E-state index in [0.717, 1.165) is 30.8 Å². The summed E-state index contributed by atoms with van der Waals surface area (Å²) in [5.74, 6) is 0.161. The Morgan fingerprint density at radius 1 is 1.24 bits per heavy atom. The molecule has 2 aromatic heterocycles. The number of piperidine rings is 1. The number of likely N-dealkylation sites (tertiary alicyclic amines) is 1. The molecule has 2 aromatic rings. The van der Waals surface area contributed by atoms with Crippen molar-refractivity contribution in [3.05, 3.63) is 36.4 Å². The quantitative estimate of drug-likeness (QED) is 0.778. The Labute approximate surface area is 170 Å². The van der Waals surface area contributed by atoms with E-state index in [4.69, 9.17) is 4.74 Å². The lowest BCUT2D eigenvalue weighted by atomic mass is 9.78. The SMILES string of the molecule is COCC(=O)N1CCc2[nH]cnc2C12CCN(C(=O)CCCn1ccnc1)CC2. The van der Waals surface area contributed by atoms with Crippen LogP contribution < -0.4 is 0 Å². The highest BCUT2D eigenvalue weighted by Gasteiger charge is 2.48. The first-order valence-electron chi connectivity index (χ1n) is 10.2. The maximum Gasteiger partial charge on any atom is 0.249 e. The van der Waals surface area contributed by atoms with Crippen molar-refractivity contribution in [2.45, 2.75) is 44.2 Å². The standard InChI is InChI=1S/C20H28N6O3/c1-29-13-18(28)26-9-4-16-19(23-14-22-16)20(26)5-10-25(11-6-20)17(27)3-2-8-24-12-7-21-15-24/h7,12,14-15H,2-6,8-11,13H2,1H3,(H,22,23). The van der Waals surface area contributed by atoms with E-state index >= 15 is 0 Å². The topological polar surface area (TPSA) is 96.4 Å². The number of rotatable bonds is 6. The molecule has 0 atom stereocenters. The molecule has 2 amide bonds. The van der Waals surface area contributed by atoms with Gasteiger partial charge >= 0.3 is 0 Å². The fraction of sp³-hybridized carbons (Fsp3) is 0.600. The maximum absolute atomic E-state index is 12.7. The van der Waals surface area contributed by atoms with Crippen LogP contribution in [-0.4, -0.2) is 74.5 Å². The molecule has 1 spiro atoms. The number of nitrogens with one attached hydrogen (secondary N) is 1. The van der Waals surface area contributed by atoms with Crippen LogP contribution in [0.1, 0.15) is 37.1 Å². The van der Waals surface area contributed by atoms with Gasteiger partial charge in [0.1, 0.15) is 6.61 Å². The molecule has 29 heavy (non-hydrogen) atoms. The summed E-state index contributed by atoms with van der Waals surface area (Å²) in [4.78, 5) is 41.1. The van der Waals surface area contributed by atoms with E-state index in [-0.39, 0.29) is 18.4 Å². The first-order chi connectivity index (χ1) is 14.1. The van der Waals surface area contributed by atoms with Gasteiger partial charge in [-0.05, 0) is 19.3 Å². The predicted molar refractivity (Wildman–Crippen MR) is 105 cm³/mol. The van der Waals surface area contributed by atoms with Crippen LogP contribution in [-0.2, 0) is 32.8 Å². The summed E-state index contributed by atoms with van der Waals surface area (Å²) in [6, 6.07) is 0. The summed E-state index contributed by atoms with van der Waals surface area (Å²) < 4.78 is 7.09. The Bertz CT molecular complexity index is 838. The molecular formula is C20H28N6O3. The summed E-state index contributed by atoms with van der Waals surface area (Å²) in [6.07, 6.45) is 10.6. The number of hydrogen-bond donors (Lipinski definition) is 1. The van der Waals surface area contributed by atoms with Crippen LogP contribution in [0.2, 0.25) is 0 Å². The van der Waals surface area contributed by atoms with E-state index in [1.54, 1.807) is 26.0 Å². The number of hydrogen-bond acceptors (Lipinski definition) is 5. The summed E-state index contributed by atoms with van der Waals surface area (Å²) in [6.45, 7) is 2.77. The third-order valence-electron chi connectivity index (χ3n) is 6.14. The number of carbonyl (C=O) groups excluding carboxylic acids is 2. The molecule has 1 saturated heterocycles. The predicted octanol–water partition coefficient (Wildman–Crippen LogP) is 0.935. The number of H-pyrrole nitrogens is 1. The van der Waals surface area contributed by atoms with Crippen LogP contribution in [0.5, 0.6) is 0 Å². The van der Waals surface area contributed by atoms with E-state index in [0.29, 0.717) is 38.9 Å². The Morgan fingerprint density at radius 2 is 2.07 bits per heavy atom. The van der Waals surface area contributed by atoms with Gasteiger partial charge in [-0.2, -0.15) is 0 Å². The van der Waals surface area contributed by atoms with E-state index in [2.05, 4.69) is 15.0 Å². The Hall–Kier alpha value is -2.68. The lowest BCUT2D eigenvalue weighted by Gasteiger charge is -2.50. The number of fused-ring (bicyclic) bond motifs is 2. The van der Waals surface area contributed by atoms with E-state index in [9.17, 15) is 9.59 Å². The molecule has 9 heteroatoms. The molecule has 156 valence electrons. The van der Waals surface area contributed by atoms with Crippen LogP contribution in [0.25, 0.3) is 0 Å². The molecule has 0 aliphatic carbocycles. The van der Waals surface area contributed by atoms with Gasteiger partial charge in [-0.3, -0.25) is 9.59 Å². The van der Waals surface area contributed by atoms with E-state index < -0.39 is 5.54 Å². The maximum atomic E-state index is 12.7. The summed E-state index contributed by atoms with van der Waals surface area (Å²) in [5, 5.41) is 0. The second-order valence-electron chi connectivity index (χ2n) is 7.77. The summed E-state index contributed by atoms with van der Waals surface area (Å²) >= 11 is 0. The average Bonchev–Trinajstić information content (AvgIpc) is 3.41. The van der Waals surface area contributed by atoms with Gasteiger partial charge in [0, 0.05) is 64.2 Å². The highest BCUT2D eigenvalue weighted by atomic mass is 16.5. The zero-order valence-corrected chi connectivity index (χ0v) is 16.8. The average molecular weight is 400 g/mol. The van der Waals surface area contributed by atoms with Gasteiger partial charge in [-0.1, -0.05) is 0 Å². The zero-order valence-electron chi connectivity index (χ0n) is 16.8. The van der Waals surface area contributed by atoms with Crippen molar-refractivity contribution in [2.24, 2.45) is 0 Å². The van der Waals surface area contributed by atoms with Gasteiger partial charge < -0.3 is 24.1 Å². The van der Waals surface area contributed by atoms with Crippen molar-refractivity contribution >= 4 is 11.8 Å². The number of aryl methyl sites for hydroxylation is 1. The minimum atomic E-state index is -0.448. The van der Waals surface area contributed by atoms with Crippen molar-refractivity contribution in [3.8, 4) is 0 Å².